The van der Waals surface area contributed by atoms with Crippen molar-refractivity contribution >= 4 is 0 Å². The largest absolute Gasteiger partial charge is 0.484 e. The van der Waals surface area contributed by atoms with Gasteiger partial charge >= 0.3 is 0 Å². The molecule has 3 rings (SSSR count). The number of hydrogen-bond donors (Lipinski definition) is 2. The summed E-state index contributed by atoms with van der Waals surface area (Å²) in [7, 11) is 0. The number of benzene rings is 1. The molecule has 1 aliphatic rings. The Morgan fingerprint density at radius 3 is 2.71 bits per heavy atom. The van der Waals surface area contributed by atoms with E-state index in [-0.39, 0.29) is 5.56 Å². The first kappa shape index (κ1) is 16.1. The number of nitrogens with zero attached hydrogens (tertiary/aromatic N) is 2. The summed E-state index contributed by atoms with van der Waals surface area (Å²) in [6.45, 7) is 5.23. The minimum absolute atomic E-state index is 0.240. The van der Waals surface area contributed by atoms with E-state index in [4.69, 9.17) is 10.00 Å². The molecule has 1 aromatic carbocycles. The fourth-order valence-electron chi connectivity index (χ4n) is 2.83. The summed E-state index contributed by atoms with van der Waals surface area (Å²) in [4.78, 5) is 12.0. The summed E-state index contributed by atoms with van der Waals surface area (Å²) in [5.74, 6) is 0.576. The van der Waals surface area contributed by atoms with Crippen LogP contribution in [0.2, 0.25) is 0 Å². The Bertz CT molecular complexity index is 878. The van der Waals surface area contributed by atoms with Gasteiger partial charge in [0.1, 0.15) is 23.0 Å². The highest BCUT2D eigenvalue weighted by molar-refractivity contribution is 5.48. The van der Waals surface area contributed by atoms with Gasteiger partial charge in [-0.2, -0.15) is 5.26 Å². The van der Waals surface area contributed by atoms with Gasteiger partial charge in [-0.1, -0.05) is 6.07 Å². The lowest BCUT2D eigenvalue weighted by Gasteiger charge is -2.49. The fraction of sp³-hybridized carbons (Fsp3) is 0.333. The number of aliphatic hydroxyl groups is 1. The summed E-state index contributed by atoms with van der Waals surface area (Å²) in [6, 6.07) is 11.3. The van der Waals surface area contributed by atoms with Crippen molar-refractivity contribution in [1.82, 2.24) is 4.68 Å². The molecule has 0 aliphatic carbocycles. The molecule has 0 radical (unpaired) electrons. The Morgan fingerprint density at radius 2 is 2.04 bits per heavy atom. The third-order valence-corrected chi connectivity index (χ3v) is 4.69. The molecule has 2 heterocycles. The first-order chi connectivity index (χ1) is 11.3. The summed E-state index contributed by atoms with van der Waals surface area (Å²) in [5.41, 5.74) is 1.69. The Morgan fingerprint density at radius 1 is 1.29 bits per heavy atom. The van der Waals surface area contributed by atoms with Crippen molar-refractivity contribution in [1.29, 1.82) is 5.26 Å². The molecule has 24 heavy (non-hydrogen) atoms. The van der Waals surface area contributed by atoms with Crippen LogP contribution in [0.1, 0.15) is 37.9 Å². The van der Waals surface area contributed by atoms with Crippen LogP contribution in [-0.2, 0) is 0 Å². The zero-order valence-electron chi connectivity index (χ0n) is 13.8. The number of pyridine rings is 1. The monoisotopic (exact) mass is 325 g/mol. The highest BCUT2D eigenvalue weighted by atomic mass is 16.5. The minimum atomic E-state index is -1.33. The van der Waals surface area contributed by atoms with Gasteiger partial charge in [-0.25, -0.2) is 4.68 Å². The van der Waals surface area contributed by atoms with Gasteiger partial charge in [0.2, 0.25) is 0 Å². The van der Waals surface area contributed by atoms with Gasteiger partial charge in [0.25, 0.3) is 5.56 Å². The van der Waals surface area contributed by atoms with Crippen molar-refractivity contribution in [3.05, 3.63) is 64.1 Å². The van der Waals surface area contributed by atoms with Crippen molar-refractivity contribution in [2.24, 2.45) is 0 Å². The van der Waals surface area contributed by atoms with Crippen molar-refractivity contribution in [2.45, 2.75) is 38.0 Å². The third-order valence-electron chi connectivity index (χ3n) is 4.69. The lowest BCUT2D eigenvalue weighted by molar-refractivity contribution is -0.130. The molecule has 2 unspecified atom stereocenters. The normalized spacial score (nSPS) is 24.4. The molecule has 0 spiro atoms. The second-order valence-electron chi connectivity index (χ2n) is 6.60. The van der Waals surface area contributed by atoms with Gasteiger partial charge in [-0.05, 0) is 45.0 Å². The van der Waals surface area contributed by atoms with Crippen LogP contribution in [0.5, 0.6) is 5.75 Å². The van der Waals surface area contributed by atoms with E-state index in [1.54, 1.807) is 57.3 Å². The number of hydrogen-bond acceptors (Lipinski definition) is 5. The summed E-state index contributed by atoms with van der Waals surface area (Å²) >= 11 is 0. The number of ether oxygens (including phenoxy) is 1. The van der Waals surface area contributed by atoms with Crippen LogP contribution in [-0.4, -0.2) is 21.0 Å². The van der Waals surface area contributed by atoms with E-state index in [2.05, 4.69) is 11.5 Å². The quantitative estimate of drug-likeness (QED) is 0.881. The van der Waals surface area contributed by atoms with Gasteiger partial charge in [0.05, 0.1) is 11.6 Å². The number of nitrogens with one attached hydrogen (secondary N) is 1. The molecule has 0 saturated carbocycles. The second kappa shape index (κ2) is 5.39. The maximum Gasteiger partial charge on any atom is 0.268 e. The van der Waals surface area contributed by atoms with E-state index < -0.39 is 17.2 Å². The minimum Gasteiger partial charge on any atom is -0.484 e. The van der Waals surface area contributed by atoms with Crippen LogP contribution < -0.4 is 15.7 Å². The molecule has 2 N–H and O–H groups in total. The second-order valence-corrected chi connectivity index (χ2v) is 6.60. The molecule has 6 nitrogen and oxygen atoms in total. The molecule has 6 heteroatoms. The summed E-state index contributed by atoms with van der Waals surface area (Å²) in [5, 5.41) is 20.3. The van der Waals surface area contributed by atoms with Crippen LogP contribution in [0.4, 0.5) is 0 Å². The van der Waals surface area contributed by atoms with E-state index in [0.29, 0.717) is 16.9 Å². The van der Waals surface area contributed by atoms with Gasteiger partial charge in [0, 0.05) is 17.8 Å². The predicted octanol–water partition coefficient (Wildman–Crippen LogP) is 1.93. The molecule has 0 bridgehead atoms. The summed E-state index contributed by atoms with van der Waals surface area (Å²) in [6.07, 6.45) is 1.59. The van der Waals surface area contributed by atoms with E-state index in [1.807, 2.05) is 0 Å². The molecule has 2 aromatic rings. The lowest BCUT2D eigenvalue weighted by atomic mass is 9.75. The van der Waals surface area contributed by atoms with Crippen LogP contribution in [0.3, 0.4) is 0 Å². The predicted molar refractivity (Wildman–Crippen MR) is 89.3 cm³/mol. The van der Waals surface area contributed by atoms with Crippen LogP contribution in [0.25, 0.3) is 0 Å². The number of rotatable bonds is 2. The van der Waals surface area contributed by atoms with Gasteiger partial charge < -0.3 is 15.3 Å². The molecule has 2 atom stereocenters. The Kier molecular flexibility index (Phi) is 3.61. The molecular weight excluding hydrogens is 306 g/mol. The van der Waals surface area contributed by atoms with Crippen molar-refractivity contribution in [3.8, 4) is 11.8 Å². The van der Waals surface area contributed by atoms with Crippen molar-refractivity contribution < 1.29 is 9.84 Å². The van der Waals surface area contributed by atoms with Crippen LogP contribution >= 0.6 is 0 Å². The first-order valence-corrected chi connectivity index (χ1v) is 7.66. The molecule has 0 saturated heterocycles. The average Bonchev–Trinajstić information content (AvgIpc) is 2.53. The molecular formula is C18H19N3O3. The Balaban J connectivity index is 2.16. The highest BCUT2D eigenvalue weighted by Crippen LogP contribution is 2.46. The van der Waals surface area contributed by atoms with Gasteiger partial charge in [-0.3, -0.25) is 4.79 Å². The SMILES string of the molecule is CC1(C)Oc2ccc(C#N)cc2C(Nn2ccccc2=O)C1(C)O. The number of fused-ring (bicyclic) bond motifs is 1. The van der Waals surface area contributed by atoms with Gasteiger partial charge in [0.15, 0.2) is 0 Å². The maximum absolute atomic E-state index is 12.0. The zero-order chi connectivity index (χ0) is 17.5. The maximum atomic E-state index is 12.0. The number of nitriles is 1. The Hall–Kier alpha value is -2.78. The molecule has 124 valence electrons. The van der Waals surface area contributed by atoms with Crippen molar-refractivity contribution in [2.75, 3.05) is 5.43 Å². The molecule has 0 fully saturated rings. The Labute approximate surface area is 139 Å². The standard InChI is InChI=1S/C18H19N3O3/c1-17(2)18(3,23)16(20-21-9-5-4-6-15(21)22)13-10-12(11-19)7-8-14(13)24-17/h4-10,16,20,23H,1-3H3. The fourth-order valence-corrected chi connectivity index (χ4v) is 2.83. The van der Waals surface area contributed by atoms with Crippen LogP contribution in [0, 0.1) is 11.3 Å². The topological polar surface area (TPSA) is 87.3 Å². The van der Waals surface area contributed by atoms with E-state index >= 15 is 0 Å². The lowest BCUT2D eigenvalue weighted by Crippen LogP contribution is -2.61. The summed E-state index contributed by atoms with van der Waals surface area (Å²) < 4.78 is 7.27. The van der Waals surface area contributed by atoms with E-state index in [0.717, 1.165) is 0 Å². The molecule has 1 aromatic heterocycles. The third kappa shape index (κ3) is 2.43. The van der Waals surface area contributed by atoms with Crippen LogP contribution in [0.15, 0.2) is 47.4 Å². The van der Waals surface area contributed by atoms with Crippen molar-refractivity contribution in [3.63, 3.8) is 0 Å². The zero-order valence-corrected chi connectivity index (χ0v) is 13.8. The molecule has 0 amide bonds. The van der Waals surface area contributed by atoms with Gasteiger partial charge in [-0.15, -0.1) is 0 Å². The van der Waals surface area contributed by atoms with E-state index in [9.17, 15) is 9.90 Å². The smallest absolute Gasteiger partial charge is 0.268 e. The van der Waals surface area contributed by atoms with E-state index in [1.165, 1.54) is 10.7 Å². The molecule has 1 aliphatic heterocycles. The average molecular weight is 325 g/mol. The number of aromatic nitrogens is 1. The first-order valence-electron chi connectivity index (χ1n) is 7.66. The highest BCUT2D eigenvalue weighted by Gasteiger charge is 2.53.